The van der Waals surface area contributed by atoms with Crippen molar-refractivity contribution in [1.29, 1.82) is 0 Å². The number of carbonyl (C=O) groups is 2. The second kappa shape index (κ2) is 9.77. The molecule has 3 rings (SSSR count). The predicted octanol–water partition coefficient (Wildman–Crippen LogP) is 3.17. The Morgan fingerprint density at radius 3 is 2.38 bits per heavy atom. The minimum atomic E-state index is -4.52. The van der Waals surface area contributed by atoms with Crippen LogP contribution >= 0.6 is 0 Å². The van der Waals surface area contributed by atoms with Crippen LogP contribution in [0.2, 0.25) is 0 Å². The van der Waals surface area contributed by atoms with Gasteiger partial charge < -0.3 is 21.7 Å². The van der Waals surface area contributed by atoms with Crippen molar-refractivity contribution in [3.8, 4) is 0 Å². The van der Waals surface area contributed by atoms with Crippen LogP contribution in [-0.2, 0) is 6.18 Å². The molecule has 2 amide bonds. The van der Waals surface area contributed by atoms with Gasteiger partial charge in [-0.1, -0.05) is 0 Å². The van der Waals surface area contributed by atoms with Gasteiger partial charge in [-0.15, -0.1) is 0 Å². The van der Waals surface area contributed by atoms with E-state index in [1.807, 2.05) is 0 Å². The number of amides is 2. The van der Waals surface area contributed by atoms with Gasteiger partial charge in [0.1, 0.15) is 5.82 Å². The standard InChI is InChI=1S/C21H19F3N6O2/c22-21(23,24)15-4-5-17(16(25)10-15)30-20(32)14-3-6-18(29-12-14)27-8-9-28-19(31)13-2-1-7-26-11-13/h1-7,10-12H,8-9,25H2,(H,27,29)(H,28,31)(H,30,32). The highest BCUT2D eigenvalue weighted by Crippen LogP contribution is 2.32. The molecule has 0 radical (unpaired) electrons. The van der Waals surface area contributed by atoms with E-state index in [-0.39, 0.29) is 22.8 Å². The summed E-state index contributed by atoms with van der Waals surface area (Å²) in [6.07, 6.45) is -0.171. The van der Waals surface area contributed by atoms with Crippen LogP contribution in [0.15, 0.2) is 61.1 Å². The fourth-order valence-electron chi connectivity index (χ4n) is 2.65. The monoisotopic (exact) mass is 444 g/mol. The van der Waals surface area contributed by atoms with E-state index in [4.69, 9.17) is 5.73 Å². The van der Waals surface area contributed by atoms with Crippen LogP contribution in [0.4, 0.5) is 30.4 Å². The Kier molecular flexibility index (Phi) is 6.88. The third-order valence-corrected chi connectivity index (χ3v) is 4.29. The minimum absolute atomic E-state index is 0.0644. The molecule has 11 heteroatoms. The van der Waals surface area contributed by atoms with Crippen LogP contribution in [0.1, 0.15) is 26.3 Å². The number of nitrogen functional groups attached to an aromatic ring is 1. The molecule has 0 aliphatic carbocycles. The van der Waals surface area contributed by atoms with Crippen LogP contribution in [0.3, 0.4) is 0 Å². The summed E-state index contributed by atoms with van der Waals surface area (Å²) in [6, 6.07) is 9.07. The zero-order chi connectivity index (χ0) is 23.1. The molecule has 2 aromatic heterocycles. The van der Waals surface area contributed by atoms with Crippen LogP contribution in [0, 0.1) is 0 Å². The van der Waals surface area contributed by atoms with E-state index in [0.29, 0.717) is 24.5 Å². The molecule has 2 heterocycles. The normalized spacial score (nSPS) is 11.0. The fourth-order valence-corrected chi connectivity index (χ4v) is 2.65. The summed E-state index contributed by atoms with van der Waals surface area (Å²) in [5, 5.41) is 8.19. The zero-order valence-electron chi connectivity index (χ0n) is 16.6. The number of aromatic nitrogens is 2. The van der Waals surface area contributed by atoms with Gasteiger partial charge in [-0.05, 0) is 42.5 Å². The van der Waals surface area contributed by atoms with Crippen LogP contribution < -0.4 is 21.7 Å². The molecule has 0 saturated heterocycles. The second-order valence-electron chi connectivity index (χ2n) is 6.61. The maximum atomic E-state index is 12.7. The van der Waals surface area contributed by atoms with Gasteiger partial charge in [-0.3, -0.25) is 14.6 Å². The summed E-state index contributed by atoms with van der Waals surface area (Å²) in [6.45, 7) is 0.734. The first-order valence-corrected chi connectivity index (χ1v) is 9.40. The molecule has 5 N–H and O–H groups in total. The molecule has 32 heavy (non-hydrogen) atoms. The van der Waals surface area contributed by atoms with Crippen LogP contribution in [0.25, 0.3) is 0 Å². The number of hydrogen-bond acceptors (Lipinski definition) is 6. The van der Waals surface area contributed by atoms with Crippen molar-refractivity contribution in [2.45, 2.75) is 6.18 Å². The van der Waals surface area contributed by atoms with Gasteiger partial charge >= 0.3 is 6.18 Å². The van der Waals surface area contributed by atoms with Crippen molar-refractivity contribution in [3.05, 3.63) is 77.7 Å². The van der Waals surface area contributed by atoms with E-state index in [2.05, 4.69) is 25.9 Å². The van der Waals surface area contributed by atoms with Gasteiger partial charge in [0.2, 0.25) is 0 Å². The molecule has 166 valence electrons. The van der Waals surface area contributed by atoms with E-state index in [1.165, 1.54) is 18.5 Å². The smallest absolute Gasteiger partial charge is 0.397 e. The fraction of sp³-hybridized carbons (Fsp3) is 0.143. The number of benzene rings is 1. The Bertz CT molecular complexity index is 1090. The Labute approximate surface area is 181 Å². The summed E-state index contributed by atoms with van der Waals surface area (Å²) in [4.78, 5) is 32.2. The molecule has 1 aromatic carbocycles. The Balaban J connectivity index is 1.49. The van der Waals surface area contributed by atoms with Gasteiger partial charge in [0.15, 0.2) is 0 Å². The number of nitrogens with zero attached hydrogens (tertiary/aromatic N) is 2. The minimum Gasteiger partial charge on any atom is -0.397 e. The Morgan fingerprint density at radius 1 is 0.969 bits per heavy atom. The quantitative estimate of drug-likeness (QED) is 0.328. The number of rotatable bonds is 7. The molecular formula is C21H19F3N6O2. The Hall–Kier alpha value is -4.15. The molecule has 8 nitrogen and oxygen atoms in total. The first-order chi connectivity index (χ1) is 15.2. The lowest BCUT2D eigenvalue weighted by Gasteiger charge is -2.12. The van der Waals surface area contributed by atoms with Gasteiger partial charge in [0, 0.05) is 31.7 Å². The topological polar surface area (TPSA) is 122 Å². The van der Waals surface area contributed by atoms with Gasteiger partial charge in [-0.25, -0.2) is 4.98 Å². The molecule has 3 aromatic rings. The number of alkyl halides is 3. The number of pyridine rings is 2. The highest BCUT2D eigenvalue weighted by atomic mass is 19.4. The van der Waals surface area contributed by atoms with Gasteiger partial charge in [0.25, 0.3) is 11.8 Å². The van der Waals surface area contributed by atoms with Crippen molar-refractivity contribution in [2.75, 3.05) is 29.5 Å². The molecule has 0 aliphatic rings. The van der Waals surface area contributed by atoms with Gasteiger partial charge in [-0.2, -0.15) is 13.2 Å². The number of nitrogens with two attached hydrogens (primary N) is 1. The average molecular weight is 444 g/mol. The Morgan fingerprint density at radius 2 is 1.75 bits per heavy atom. The summed E-state index contributed by atoms with van der Waals surface area (Å²) in [5.74, 6) is -0.340. The van der Waals surface area contributed by atoms with Crippen LogP contribution in [0.5, 0.6) is 0 Å². The number of carbonyl (C=O) groups excluding carboxylic acids is 2. The lowest BCUT2D eigenvalue weighted by atomic mass is 10.1. The molecule has 0 atom stereocenters. The molecule has 0 aliphatic heterocycles. The zero-order valence-corrected chi connectivity index (χ0v) is 16.6. The van der Waals surface area contributed by atoms with Crippen molar-refractivity contribution >= 4 is 29.0 Å². The summed E-state index contributed by atoms with van der Waals surface area (Å²) in [7, 11) is 0. The van der Waals surface area contributed by atoms with E-state index in [1.54, 1.807) is 24.4 Å². The molecule has 0 saturated carbocycles. The number of halogens is 3. The van der Waals surface area contributed by atoms with E-state index in [0.717, 1.165) is 18.2 Å². The highest BCUT2D eigenvalue weighted by Gasteiger charge is 2.30. The second-order valence-corrected chi connectivity index (χ2v) is 6.61. The lowest BCUT2D eigenvalue weighted by molar-refractivity contribution is -0.137. The summed E-state index contributed by atoms with van der Waals surface area (Å²) in [5.41, 5.74) is 5.23. The molecule has 0 unspecified atom stereocenters. The van der Waals surface area contributed by atoms with Crippen molar-refractivity contribution in [2.24, 2.45) is 0 Å². The van der Waals surface area contributed by atoms with E-state index in [9.17, 15) is 22.8 Å². The molecular weight excluding hydrogens is 425 g/mol. The lowest BCUT2D eigenvalue weighted by Crippen LogP contribution is -2.28. The average Bonchev–Trinajstić information content (AvgIpc) is 2.78. The van der Waals surface area contributed by atoms with E-state index >= 15 is 0 Å². The first-order valence-electron chi connectivity index (χ1n) is 9.40. The maximum absolute atomic E-state index is 12.7. The van der Waals surface area contributed by atoms with Crippen LogP contribution in [-0.4, -0.2) is 34.9 Å². The maximum Gasteiger partial charge on any atom is 0.416 e. The SMILES string of the molecule is Nc1cc(C(F)(F)F)ccc1NC(=O)c1ccc(NCCNC(=O)c2cccnc2)nc1. The molecule has 0 spiro atoms. The predicted molar refractivity (Wildman–Crippen MR) is 113 cm³/mol. The highest BCUT2D eigenvalue weighted by molar-refractivity contribution is 6.05. The number of hydrogen-bond donors (Lipinski definition) is 4. The summed E-state index contributed by atoms with van der Waals surface area (Å²) >= 11 is 0. The number of nitrogens with one attached hydrogen (secondary N) is 3. The third kappa shape index (κ3) is 5.94. The molecule has 0 fully saturated rings. The number of anilines is 3. The van der Waals surface area contributed by atoms with Crippen molar-refractivity contribution in [1.82, 2.24) is 15.3 Å². The third-order valence-electron chi connectivity index (χ3n) is 4.29. The summed E-state index contributed by atoms with van der Waals surface area (Å²) < 4.78 is 38.1. The van der Waals surface area contributed by atoms with Gasteiger partial charge in [0.05, 0.1) is 28.1 Å². The van der Waals surface area contributed by atoms with E-state index < -0.39 is 17.6 Å². The van der Waals surface area contributed by atoms with Crippen molar-refractivity contribution in [3.63, 3.8) is 0 Å². The first kappa shape index (κ1) is 22.5. The van der Waals surface area contributed by atoms with Crippen molar-refractivity contribution < 1.29 is 22.8 Å². The largest absolute Gasteiger partial charge is 0.416 e. The molecule has 0 bridgehead atoms.